The number of hydrogen-bond donors (Lipinski definition) is 2. The molecule has 1 aliphatic carbocycles. The molecular formula is C20H29N3O4S. The summed E-state index contributed by atoms with van der Waals surface area (Å²) in [5, 5.41) is 2.98. The molecule has 1 heterocycles. The summed E-state index contributed by atoms with van der Waals surface area (Å²) in [6.45, 7) is 5.71. The Labute approximate surface area is 166 Å². The van der Waals surface area contributed by atoms with E-state index < -0.39 is 16.1 Å². The van der Waals surface area contributed by atoms with Crippen LogP contribution in [0, 0.1) is 5.92 Å². The molecule has 7 nitrogen and oxygen atoms in total. The van der Waals surface area contributed by atoms with Crippen molar-refractivity contribution >= 4 is 27.5 Å². The van der Waals surface area contributed by atoms with Crippen LogP contribution in [0.15, 0.2) is 23.1 Å². The molecule has 154 valence electrons. The Balaban J connectivity index is 1.77. The molecule has 3 rings (SSSR count). The van der Waals surface area contributed by atoms with Crippen LogP contribution in [0.1, 0.15) is 52.0 Å². The largest absolute Gasteiger partial charge is 0.352 e. The highest BCUT2D eigenvalue weighted by Crippen LogP contribution is 2.30. The molecule has 2 aliphatic rings. The summed E-state index contributed by atoms with van der Waals surface area (Å²) in [7, 11) is -3.86. The molecule has 1 aliphatic heterocycles. The Hall–Kier alpha value is -1.93. The van der Waals surface area contributed by atoms with Gasteiger partial charge < -0.3 is 10.2 Å². The van der Waals surface area contributed by atoms with E-state index >= 15 is 0 Å². The maximum Gasteiger partial charge on any atom is 0.241 e. The Morgan fingerprint density at radius 3 is 2.46 bits per heavy atom. The van der Waals surface area contributed by atoms with Crippen molar-refractivity contribution in [1.29, 1.82) is 0 Å². The number of rotatable bonds is 6. The quantitative estimate of drug-likeness (QED) is 0.753. The van der Waals surface area contributed by atoms with E-state index in [2.05, 4.69) is 10.0 Å². The predicted octanol–water partition coefficient (Wildman–Crippen LogP) is 1.96. The lowest BCUT2D eigenvalue weighted by Gasteiger charge is -2.24. The third kappa shape index (κ3) is 4.38. The number of amides is 2. The smallest absolute Gasteiger partial charge is 0.241 e. The van der Waals surface area contributed by atoms with Crippen LogP contribution in [0.2, 0.25) is 0 Å². The Bertz CT molecular complexity index is 860. The molecule has 1 atom stereocenters. The number of sulfonamides is 1. The average molecular weight is 408 g/mol. The predicted molar refractivity (Wildman–Crippen MR) is 108 cm³/mol. The summed E-state index contributed by atoms with van der Waals surface area (Å²) in [5.74, 6) is -0.510. The van der Waals surface area contributed by atoms with Crippen LogP contribution in [-0.4, -0.2) is 38.9 Å². The summed E-state index contributed by atoms with van der Waals surface area (Å²) >= 11 is 0. The molecule has 1 unspecified atom stereocenters. The van der Waals surface area contributed by atoms with Gasteiger partial charge in [0.15, 0.2) is 0 Å². The standard InChI is InChI=1S/C20H29N3O4S/c1-13(2)19(20(25)21-16-6-4-5-7-16)22-28(26,27)17-8-9-18-15(12-17)10-11-23(18)14(3)24/h8-9,12-13,16,19,22H,4-7,10-11H2,1-3H3,(H,21,25). The maximum absolute atomic E-state index is 12.9. The van der Waals surface area contributed by atoms with Gasteiger partial charge in [0.05, 0.1) is 4.90 Å². The first-order chi connectivity index (χ1) is 13.2. The Morgan fingerprint density at radius 1 is 1.18 bits per heavy atom. The number of carbonyl (C=O) groups is 2. The fraction of sp³-hybridized carbons (Fsp3) is 0.600. The summed E-state index contributed by atoms with van der Waals surface area (Å²) in [4.78, 5) is 26.1. The van der Waals surface area contributed by atoms with Crippen LogP contribution < -0.4 is 14.9 Å². The van der Waals surface area contributed by atoms with Crippen molar-refractivity contribution in [2.75, 3.05) is 11.4 Å². The lowest BCUT2D eigenvalue weighted by Crippen LogP contribution is -2.51. The van der Waals surface area contributed by atoms with Crippen LogP contribution in [0.4, 0.5) is 5.69 Å². The molecule has 1 saturated carbocycles. The molecule has 2 N–H and O–H groups in total. The molecule has 0 aromatic heterocycles. The number of benzene rings is 1. The van der Waals surface area contributed by atoms with E-state index in [1.807, 2.05) is 13.8 Å². The number of fused-ring (bicyclic) bond motifs is 1. The summed E-state index contributed by atoms with van der Waals surface area (Å²) in [6, 6.07) is 4.08. The van der Waals surface area contributed by atoms with Crippen molar-refractivity contribution < 1.29 is 18.0 Å². The highest BCUT2D eigenvalue weighted by molar-refractivity contribution is 7.89. The third-order valence-corrected chi connectivity index (χ3v) is 7.01. The molecule has 0 saturated heterocycles. The first-order valence-corrected chi connectivity index (χ1v) is 11.4. The van der Waals surface area contributed by atoms with E-state index in [9.17, 15) is 18.0 Å². The van der Waals surface area contributed by atoms with Crippen LogP contribution in [-0.2, 0) is 26.0 Å². The number of carbonyl (C=O) groups excluding carboxylic acids is 2. The Morgan fingerprint density at radius 2 is 1.86 bits per heavy atom. The summed E-state index contributed by atoms with van der Waals surface area (Å²) in [5.41, 5.74) is 1.58. The summed E-state index contributed by atoms with van der Waals surface area (Å²) < 4.78 is 28.5. The molecule has 2 amide bonds. The zero-order chi connectivity index (χ0) is 20.5. The van der Waals surface area contributed by atoms with Gasteiger partial charge in [0.1, 0.15) is 6.04 Å². The van der Waals surface area contributed by atoms with Crippen LogP contribution in [0.3, 0.4) is 0 Å². The maximum atomic E-state index is 12.9. The molecule has 1 aromatic carbocycles. The molecular weight excluding hydrogens is 378 g/mol. The van der Waals surface area contributed by atoms with Crippen LogP contribution >= 0.6 is 0 Å². The van der Waals surface area contributed by atoms with Gasteiger partial charge in [-0.1, -0.05) is 26.7 Å². The van der Waals surface area contributed by atoms with Crippen molar-refractivity contribution in [1.82, 2.24) is 10.0 Å². The van der Waals surface area contributed by atoms with E-state index in [-0.39, 0.29) is 28.7 Å². The van der Waals surface area contributed by atoms with Gasteiger partial charge in [0.25, 0.3) is 0 Å². The molecule has 0 radical (unpaired) electrons. The second-order valence-corrected chi connectivity index (χ2v) is 9.76. The van der Waals surface area contributed by atoms with E-state index in [1.54, 1.807) is 17.0 Å². The fourth-order valence-electron chi connectivity index (χ4n) is 3.96. The molecule has 1 aromatic rings. The summed E-state index contributed by atoms with van der Waals surface area (Å²) in [6.07, 6.45) is 4.69. The van der Waals surface area contributed by atoms with E-state index in [0.29, 0.717) is 13.0 Å². The molecule has 1 fully saturated rings. The molecule has 0 bridgehead atoms. The van der Waals surface area contributed by atoms with Crippen LogP contribution in [0.5, 0.6) is 0 Å². The number of nitrogens with one attached hydrogen (secondary N) is 2. The lowest BCUT2D eigenvalue weighted by molar-refractivity contribution is -0.124. The van der Waals surface area contributed by atoms with Crippen molar-refractivity contribution in [2.24, 2.45) is 5.92 Å². The minimum absolute atomic E-state index is 0.0593. The van der Waals surface area contributed by atoms with Gasteiger partial charge in [-0.2, -0.15) is 4.72 Å². The van der Waals surface area contributed by atoms with Gasteiger partial charge in [0, 0.05) is 25.2 Å². The highest BCUT2D eigenvalue weighted by Gasteiger charge is 2.31. The van der Waals surface area contributed by atoms with E-state index in [0.717, 1.165) is 36.9 Å². The monoisotopic (exact) mass is 407 g/mol. The van der Waals surface area contributed by atoms with Gasteiger partial charge in [-0.05, 0) is 48.9 Å². The lowest BCUT2D eigenvalue weighted by atomic mass is 10.0. The Kier molecular flexibility index (Phi) is 6.09. The first-order valence-electron chi connectivity index (χ1n) is 9.93. The van der Waals surface area contributed by atoms with Crippen molar-refractivity contribution in [3.05, 3.63) is 23.8 Å². The number of nitrogens with zero attached hydrogens (tertiary/aromatic N) is 1. The normalized spacial score (nSPS) is 18.4. The SMILES string of the molecule is CC(=O)N1CCc2cc(S(=O)(=O)NC(C(=O)NC3CCCC3)C(C)C)ccc21. The topological polar surface area (TPSA) is 95.6 Å². The second-order valence-electron chi connectivity index (χ2n) is 8.04. The first kappa shape index (κ1) is 20.8. The number of hydrogen-bond acceptors (Lipinski definition) is 4. The third-order valence-electron chi connectivity index (χ3n) is 5.57. The molecule has 28 heavy (non-hydrogen) atoms. The van der Waals surface area contributed by atoms with Crippen molar-refractivity contribution in [3.8, 4) is 0 Å². The van der Waals surface area contributed by atoms with E-state index in [4.69, 9.17) is 0 Å². The minimum Gasteiger partial charge on any atom is -0.352 e. The van der Waals surface area contributed by atoms with Crippen LogP contribution in [0.25, 0.3) is 0 Å². The minimum atomic E-state index is -3.86. The fourth-order valence-corrected chi connectivity index (χ4v) is 5.36. The van der Waals surface area contributed by atoms with Gasteiger partial charge in [0.2, 0.25) is 21.8 Å². The van der Waals surface area contributed by atoms with Gasteiger partial charge in [-0.15, -0.1) is 0 Å². The van der Waals surface area contributed by atoms with E-state index in [1.165, 1.54) is 13.0 Å². The second kappa shape index (κ2) is 8.21. The van der Waals surface area contributed by atoms with Crippen molar-refractivity contribution in [2.45, 2.75) is 69.9 Å². The molecule has 0 spiro atoms. The zero-order valence-electron chi connectivity index (χ0n) is 16.7. The zero-order valence-corrected chi connectivity index (χ0v) is 17.5. The number of anilines is 1. The average Bonchev–Trinajstić information content (AvgIpc) is 3.28. The molecule has 8 heteroatoms. The van der Waals surface area contributed by atoms with Gasteiger partial charge in [-0.25, -0.2) is 8.42 Å². The van der Waals surface area contributed by atoms with Gasteiger partial charge >= 0.3 is 0 Å². The highest BCUT2D eigenvalue weighted by atomic mass is 32.2. The van der Waals surface area contributed by atoms with Crippen molar-refractivity contribution in [3.63, 3.8) is 0 Å². The van der Waals surface area contributed by atoms with Gasteiger partial charge in [-0.3, -0.25) is 9.59 Å².